The van der Waals surface area contributed by atoms with Crippen molar-refractivity contribution in [3.63, 3.8) is 0 Å². The van der Waals surface area contributed by atoms with Crippen LogP contribution in [0.15, 0.2) is 12.1 Å². The number of hydrogen-bond acceptors (Lipinski definition) is 3. The van der Waals surface area contributed by atoms with Crippen LogP contribution in [-0.2, 0) is 16.0 Å². The Kier molecular flexibility index (Phi) is 3.06. The molecule has 0 amide bonds. The molecule has 76 valence electrons. The van der Waals surface area contributed by atoms with Gasteiger partial charge < -0.3 is 9.84 Å². The Morgan fingerprint density at radius 3 is 2.79 bits per heavy atom. The zero-order valence-corrected chi connectivity index (χ0v) is 8.00. The van der Waals surface area contributed by atoms with Crippen molar-refractivity contribution in [2.75, 3.05) is 7.11 Å². The Morgan fingerprint density at radius 2 is 2.21 bits per heavy atom. The summed E-state index contributed by atoms with van der Waals surface area (Å²) in [7, 11) is 1.24. The molecule has 0 heterocycles. The summed E-state index contributed by atoms with van der Waals surface area (Å²) >= 11 is 0. The molecule has 0 spiro atoms. The molecule has 0 bridgehead atoms. The fraction of sp³-hybridized carbons (Fsp3) is 0.300. The molecule has 0 saturated carbocycles. The zero-order valence-electron chi connectivity index (χ0n) is 8.00. The number of phenolic OH excluding ortho intramolecular Hbond substituents is 1. The van der Waals surface area contributed by atoms with Crippen molar-refractivity contribution >= 4 is 5.97 Å². The summed E-state index contributed by atoms with van der Waals surface area (Å²) in [5, 5.41) is 9.16. The van der Waals surface area contributed by atoms with Crippen LogP contribution in [-0.4, -0.2) is 18.2 Å². The van der Waals surface area contributed by atoms with E-state index in [1.54, 1.807) is 6.92 Å². The van der Waals surface area contributed by atoms with E-state index in [0.29, 0.717) is 5.56 Å². The lowest BCUT2D eigenvalue weighted by atomic mass is 10.1. The third-order valence-electron chi connectivity index (χ3n) is 1.93. The van der Waals surface area contributed by atoms with Gasteiger partial charge in [-0.1, -0.05) is 0 Å². The highest BCUT2D eigenvalue weighted by Crippen LogP contribution is 2.21. The molecule has 4 heteroatoms. The summed E-state index contributed by atoms with van der Waals surface area (Å²) in [5.41, 5.74) is 0.762. The summed E-state index contributed by atoms with van der Waals surface area (Å²) in [4.78, 5) is 10.9. The molecule has 0 radical (unpaired) electrons. The highest BCUT2D eigenvalue weighted by Gasteiger charge is 2.10. The van der Waals surface area contributed by atoms with Crippen LogP contribution in [0.4, 0.5) is 4.39 Å². The number of ether oxygens (including phenoxy) is 1. The number of aromatic hydroxyl groups is 1. The first-order valence-electron chi connectivity index (χ1n) is 4.09. The van der Waals surface area contributed by atoms with Crippen molar-refractivity contribution in [2.45, 2.75) is 13.3 Å². The predicted molar refractivity (Wildman–Crippen MR) is 48.5 cm³/mol. The molecule has 0 saturated heterocycles. The van der Waals surface area contributed by atoms with Gasteiger partial charge in [0.15, 0.2) is 0 Å². The predicted octanol–water partition coefficient (Wildman–Crippen LogP) is 1.56. The van der Waals surface area contributed by atoms with Crippen molar-refractivity contribution in [2.24, 2.45) is 0 Å². The first-order chi connectivity index (χ1) is 6.54. The lowest BCUT2D eigenvalue weighted by Crippen LogP contribution is -2.06. The van der Waals surface area contributed by atoms with E-state index in [0.717, 1.165) is 6.07 Å². The van der Waals surface area contributed by atoms with E-state index in [9.17, 15) is 9.18 Å². The number of hydrogen-bond donors (Lipinski definition) is 1. The van der Waals surface area contributed by atoms with Gasteiger partial charge in [-0.25, -0.2) is 4.39 Å². The van der Waals surface area contributed by atoms with Gasteiger partial charge in [0.25, 0.3) is 0 Å². The Balaban J connectivity index is 2.98. The molecule has 0 aromatic heterocycles. The van der Waals surface area contributed by atoms with Crippen molar-refractivity contribution in [1.29, 1.82) is 0 Å². The first kappa shape index (κ1) is 10.5. The molecule has 1 N–H and O–H groups in total. The number of methoxy groups -OCH3 is 1. The smallest absolute Gasteiger partial charge is 0.310 e. The van der Waals surface area contributed by atoms with Gasteiger partial charge in [-0.2, -0.15) is 0 Å². The molecule has 1 rings (SSSR count). The minimum atomic E-state index is -0.599. The monoisotopic (exact) mass is 198 g/mol. The summed E-state index contributed by atoms with van der Waals surface area (Å²) in [6, 6.07) is 2.43. The largest absolute Gasteiger partial charge is 0.508 e. The summed E-state index contributed by atoms with van der Waals surface area (Å²) in [6.07, 6.45) is -0.122. The summed E-state index contributed by atoms with van der Waals surface area (Å²) < 4.78 is 17.6. The minimum Gasteiger partial charge on any atom is -0.508 e. The van der Waals surface area contributed by atoms with E-state index in [1.807, 2.05) is 0 Å². The number of aryl methyl sites for hydroxylation is 1. The van der Waals surface area contributed by atoms with E-state index in [2.05, 4.69) is 4.74 Å². The topological polar surface area (TPSA) is 46.5 Å². The molecular weight excluding hydrogens is 187 g/mol. The van der Waals surface area contributed by atoms with Crippen LogP contribution in [0, 0.1) is 12.7 Å². The number of halogens is 1. The Morgan fingerprint density at radius 1 is 1.57 bits per heavy atom. The normalized spacial score (nSPS) is 9.93. The lowest BCUT2D eigenvalue weighted by molar-refractivity contribution is -0.139. The third kappa shape index (κ3) is 2.22. The van der Waals surface area contributed by atoms with Crippen LogP contribution in [0.3, 0.4) is 0 Å². The highest BCUT2D eigenvalue weighted by molar-refractivity contribution is 5.72. The van der Waals surface area contributed by atoms with Crippen LogP contribution in [0.5, 0.6) is 5.75 Å². The van der Waals surface area contributed by atoms with Crippen molar-refractivity contribution in [3.8, 4) is 5.75 Å². The van der Waals surface area contributed by atoms with Crippen LogP contribution in [0.2, 0.25) is 0 Å². The van der Waals surface area contributed by atoms with Gasteiger partial charge >= 0.3 is 5.97 Å². The third-order valence-corrected chi connectivity index (χ3v) is 1.93. The lowest BCUT2D eigenvalue weighted by Gasteiger charge is -2.05. The van der Waals surface area contributed by atoms with Gasteiger partial charge in [-0.05, 0) is 24.1 Å². The summed E-state index contributed by atoms with van der Waals surface area (Å²) in [6.45, 7) is 1.63. The molecular formula is C10H11FO3. The van der Waals surface area contributed by atoms with Gasteiger partial charge in [0.05, 0.1) is 13.5 Å². The molecule has 0 aliphatic rings. The van der Waals surface area contributed by atoms with Gasteiger partial charge in [0.2, 0.25) is 0 Å². The van der Waals surface area contributed by atoms with Gasteiger partial charge in [-0.15, -0.1) is 0 Å². The molecule has 3 nitrogen and oxygen atoms in total. The molecule has 0 aliphatic carbocycles. The number of carbonyl (C=O) groups is 1. The van der Waals surface area contributed by atoms with E-state index in [1.165, 1.54) is 13.2 Å². The minimum absolute atomic E-state index is 0.115. The number of rotatable bonds is 2. The van der Waals surface area contributed by atoms with Crippen LogP contribution >= 0.6 is 0 Å². The Hall–Kier alpha value is -1.58. The summed E-state index contributed by atoms with van der Waals surface area (Å²) in [5.74, 6) is -1.22. The Bertz CT molecular complexity index is 361. The highest BCUT2D eigenvalue weighted by atomic mass is 19.1. The van der Waals surface area contributed by atoms with Crippen molar-refractivity contribution in [1.82, 2.24) is 0 Å². The molecule has 0 aliphatic heterocycles. The molecule has 1 aromatic rings. The molecule has 0 fully saturated rings. The fourth-order valence-electron chi connectivity index (χ4n) is 1.09. The molecule has 1 aromatic carbocycles. The van der Waals surface area contributed by atoms with Gasteiger partial charge in [-0.3, -0.25) is 4.79 Å². The Labute approximate surface area is 81.1 Å². The maximum Gasteiger partial charge on any atom is 0.310 e. The second-order valence-corrected chi connectivity index (χ2v) is 2.98. The molecule has 0 atom stereocenters. The number of esters is 1. The second kappa shape index (κ2) is 4.09. The average molecular weight is 198 g/mol. The van der Waals surface area contributed by atoms with E-state index in [4.69, 9.17) is 5.11 Å². The standard InChI is InChI=1S/C10H11FO3/c1-6-3-7(4-10(13)14-2)8(11)5-9(6)12/h3,5,12H,4H2,1-2H3. The van der Waals surface area contributed by atoms with Crippen LogP contribution in [0.25, 0.3) is 0 Å². The average Bonchev–Trinajstić information content (AvgIpc) is 2.14. The zero-order chi connectivity index (χ0) is 10.7. The fourth-order valence-corrected chi connectivity index (χ4v) is 1.09. The maximum atomic E-state index is 13.2. The van der Waals surface area contributed by atoms with E-state index < -0.39 is 11.8 Å². The number of benzene rings is 1. The van der Waals surface area contributed by atoms with E-state index >= 15 is 0 Å². The quantitative estimate of drug-likeness (QED) is 0.733. The van der Waals surface area contributed by atoms with Crippen LogP contribution < -0.4 is 0 Å². The maximum absolute atomic E-state index is 13.2. The first-order valence-corrected chi connectivity index (χ1v) is 4.09. The molecule has 0 unspecified atom stereocenters. The second-order valence-electron chi connectivity index (χ2n) is 2.98. The van der Waals surface area contributed by atoms with Crippen LogP contribution in [0.1, 0.15) is 11.1 Å². The number of carbonyl (C=O) groups excluding carboxylic acids is 1. The van der Waals surface area contributed by atoms with Crippen molar-refractivity contribution < 1.29 is 19.0 Å². The van der Waals surface area contributed by atoms with E-state index in [-0.39, 0.29) is 17.7 Å². The van der Waals surface area contributed by atoms with Gasteiger partial charge in [0, 0.05) is 6.07 Å². The SMILES string of the molecule is COC(=O)Cc1cc(C)c(O)cc1F. The number of phenols is 1. The van der Waals surface area contributed by atoms with Gasteiger partial charge in [0.1, 0.15) is 11.6 Å². The molecule has 14 heavy (non-hydrogen) atoms. The van der Waals surface area contributed by atoms with Crippen molar-refractivity contribution in [3.05, 3.63) is 29.1 Å².